The number of carbonyl (C=O) groups excluding carboxylic acids is 3. The predicted molar refractivity (Wildman–Crippen MR) is 194 cm³/mol. The van der Waals surface area contributed by atoms with Gasteiger partial charge in [-0.15, -0.1) is 0 Å². The smallest absolute Gasteiger partial charge is 0.259 e. The van der Waals surface area contributed by atoms with Gasteiger partial charge >= 0.3 is 0 Å². The molecule has 0 saturated heterocycles. The first kappa shape index (κ1) is 36.0. The number of sulfonamides is 1. The lowest BCUT2D eigenvalue weighted by Crippen LogP contribution is -2.59. The monoisotopic (exact) mass is 694 g/mol. The third-order valence-corrected chi connectivity index (χ3v) is 10.6. The first-order valence-electron chi connectivity index (χ1n) is 16.6. The largest absolute Gasteiger partial charge is 0.368 e. The van der Waals surface area contributed by atoms with Gasteiger partial charge in [-0.3, -0.25) is 14.4 Å². The summed E-state index contributed by atoms with van der Waals surface area (Å²) in [5, 5.41) is 5.61. The number of unbranched alkanes of at least 4 members (excludes halogenated alkanes) is 1. The molecule has 0 saturated carbocycles. The number of carbonyl (C=O) groups is 3. The summed E-state index contributed by atoms with van der Waals surface area (Å²) in [6.07, 6.45) is 2.17. The molecule has 5 aromatic rings. The number of aromatic nitrogens is 1. The third-order valence-electron chi connectivity index (χ3n) is 8.77. The Morgan fingerprint density at radius 3 is 2.08 bits per heavy atom. The van der Waals surface area contributed by atoms with E-state index < -0.39 is 39.8 Å². The molecule has 2 atom stereocenters. The van der Waals surface area contributed by atoms with Gasteiger partial charge in [-0.05, 0) is 54.3 Å². The zero-order valence-corrected chi connectivity index (χ0v) is 29.5. The number of fused-ring (bicyclic) bond motifs is 1. The molecular weight excluding hydrogens is 653 g/mol. The summed E-state index contributed by atoms with van der Waals surface area (Å²) in [7, 11) is -2.90. The van der Waals surface area contributed by atoms with Gasteiger partial charge < -0.3 is 15.2 Å². The minimum Gasteiger partial charge on any atom is -0.368 e. The normalized spacial score (nSPS) is 12.7. The fourth-order valence-electron chi connectivity index (χ4n) is 6.17. The summed E-state index contributed by atoms with van der Waals surface area (Å²) >= 11 is 0. The van der Waals surface area contributed by atoms with Crippen LogP contribution in [0.2, 0.25) is 0 Å². The standard InChI is InChI=1S/C39H42N4O6S/c1-5-6-19-50(47,48)43(34(37(40)44)25-29-13-14-30-9-7-8-10-32(30)23-29)39(46)35(42(4)38(45)33-21-26(2)20-27(3)22-33)24-28-11-15-31(16-12-28)36-17-18-41-49-36/h7-18,20-23,34-35H,5-6,19,24-25H2,1-4H3,(H2,40,44)/t34-,35-/m0/s1. The van der Waals surface area contributed by atoms with E-state index in [9.17, 15) is 22.8 Å². The van der Waals surface area contributed by atoms with Gasteiger partial charge in [0.15, 0.2) is 5.76 Å². The van der Waals surface area contributed by atoms with Crippen LogP contribution >= 0.6 is 0 Å². The lowest BCUT2D eigenvalue weighted by Gasteiger charge is -2.35. The van der Waals surface area contributed by atoms with E-state index in [0.717, 1.165) is 27.5 Å². The Morgan fingerprint density at radius 2 is 1.46 bits per heavy atom. The van der Waals surface area contributed by atoms with Crippen LogP contribution in [0.4, 0.5) is 0 Å². The molecule has 11 heteroatoms. The highest BCUT2D eigenvalue weighted by Gasteiger charge is 2.43. The van der Waals surface area contributed by atoms with Gasteiger partial charge in [0.25, 0.3) is 11.8 Å². The highest BCUT2D eigenvalue weighted by Crippen LogP contribution is 2.25. The van der Waals surface area contributed by atoms with Crippen molar-refractivity contribution in [3.63, 3.8) is 0 Å². The van der Waals surface area contributed by atoms with Crippen LogP contribution in [0.15, 0.2) is 102 Å². The van der Waals surface area contributed by atoms with Crippen LogP contribution in [-0.2, 0) is 32.5 Å². The van der Waals surface area contributed by atoms with Crippen molar-refractivity contribution < 1.29 is 27.3 Å². The van der Waals surface area contributed by atoms with E-state index in [0.29, 0.717) is 33.2 Å². The van der Waals surface area contributed by atoms with Crippen molar-refractivity contribution in [3.8, 4) is 11.3 Å². The molecule has 260 valence electrons. The quantitative estimate of drug-likeness (QED) is 0.154. The highest BCUT2D eigenvalue weighted by molar-refractivity contribution is 7.89. The summed E-state index contributed by atoms with van der Waals surface area (Å²) in [5.41, 5.74) is 10.1. The zero-order valence-electron chi connectivity index (χ0n) is 28.7. The van der Waals surface area contributed by atoms with Gasteiger partial charge in [0.1, 0.15) is 12.1 Å². The van der Waals surface area contributed by atoms with E-state index in [4.69, 9.17) is 10.3 Å². The molecule has 1 aromatic heterocycles. The second kappa shape index (κ2) is 15.5. The van der Waals surface area contributed by atoms with Crippen molar-refractivity contribution in [1.29, 1.82) is 0 Å². The number of hydrogen-bond donors (Lipinski definition) is 1. The number of amides is 3. The minimum atomic E-state index is -4.38. The molecule has 5 rings (SSSR count). The number of benzene rings is 4. The number of nitrogens with two attached hydrogens (primary N) is 1. The van der Waals surface area contributed by atoms with E-state index in [-0.39, 0.29) is 25.0 Å². The Hall–Kier alpha value is -5.29. The first-order valence-corrected chi connectivity index (χ1v) is 18.2. The Kier molecular flexibility index (Phi) is 11.2. The number of nitrogens with zero attached hydrogens (tertiary/aromatic N) is 3. The Labute approximate surface area is 292 Å². The van der Waals surface area contributed by atoms with E-state index in [1.54, 1.807) is 48.5 Å². The second-order valence-electron chi connectivity index (χ2n) is 12.7. The maximum atomic E-state index is 14.9. The van der Waals surface area contributed by atoms with Gasteiger partial charge in [0.05, 0.1) is 11.9 Å². The van der Waals surface area contributed by atoms with Gasteiger partial charge in [0, 0.05) is 37.1 Å². The average Bonchev–Trinajstić information content (AvgIpc) is 3.64. The van der Waals surface area contributed by atoms with Crippen LogP contribution in [0.25, 0.3) is 22.1 Å². The third kappa shape index (κ3) is 8.28. The summed E-state index contributed by atoms with van der Waals surface area (Å²) in [4.78, 5) is 43.4. The van der Waals surface area contributed by atoms with Crippen molar-refractivity contribution in [3.05, 3.63) is 125 Å². The zero-order chi connectivity index (χ0) is 36.0. The number of hydrogen-bond acceptors (Lipinski definition) is 7. The van der Waals surface area contributed by atoms with Gasteiger partial charge in [0.2, 0.25) is 15.9 Å². The molecular formula is C39H42N4O6S. The van der Waals surface area contributed by atoms with Crippen LogP contribution in [0, 0.1) is 13.8 Å². The predicted octanol–water partition coefficient (Wildman–Crippen LogP) is 5.85. The van der Waals surface area contributed by atoms with Crippen molar-refractivity contribution >= 4 is 38.5 Å². The van der Waals surface area contributed by atoms with Crippen molar-refractivity contribution in [2.75, 3.05) is 12.8 Å². The van der Waals surface area contributed by atoms with E-state index in [1.165, 1.54) is 18.1 Å². The van der Waals surface area contributed by atoms with Crippen molar-refractivity contribution in [2.24, 2.45) is 5.73 Å². The average molecular weight is 695 g/mol. The SMILES string of the molecule is CCCCS(=O)(=O)N(C(=O)[C@H](Cc1ccc(-c2ccno2)cc1)N(C)C(=O)c1cc(C)cc(C)c1)[C@@H](Cc1ccc2ccccc2c1)C(N)=O. The fourth-order valence-corrected chi connectivity index (χ4v) is 7.98. The molecule has 0 bridgehead atoms. The van der Waals surface area contributed by atoms with Crippen LogP contribution < -0.4 is 5.73 Å². The summed E-state index contributed by atoms with van der Waals surface area (Å²) in [6, 6.07) is 24.6. The molecule has 0 aliphatic heterocycles. The van der Waals surface area contributed by atoms with E-state index in [1.807, 2.05) is 63.2 Å². The Balaban J connectivity index is 1.59. The second-order valence-corrected chi connectivity index (χ2v) is 14.7. The Bertz CT molecular complexity index is 2070. The maximum absolute atomic E-state index is 14.9. The van der Waals surface area contributed by atoms with E-state index >= 15 is 0 Å². The van der Waals surface area contributed by atoms with Crippen LogP contribution in [0.1, 0.15) is 52.4 Å². The molecule has 0 unspecified atom stereocenters. The summed E-state index contributed by atoms with van der Waals surface area (Å²) in [6.45, 7) is 5.58. The fraction of sp³-hybridized carbons (Fsp3) is 0.282. The lowest BCUT2D eigenvalue weighted by atomic mass is 9.98. The molecule has 0 aliphatic carbocycles. The number of primary amides is 1. The van der Waals surface area contributed by atoms with Crippen LogP contribution in [0.5, 0.6) is 0 Å². The molecule has 4 aromatic carbocycles. The molecule has 2 N–H and O–H groups in total. The minimum absolute atomic E-state index is 0.0379. The molecule has 3 amide bonds. The topological polar surface area (TPSA) is 144 Å². The molecule has 10 nitrogen and oxygen atoms in total. The van der Waals surface area contributed by atoms with Gasteiger partial charge in [-0.2, -0.15) is 0 Å². The molecule has 0 aliphatic rings. The first-order chi connectivity index (χ1) is 23.9. The molecule has 50 heavy (non-hydrogen) atoms. The maximum Gasteiger partial charge on any atom is 0.259 e. The van der Waals surface area contributed by atoms with Crippen LogP contribution in [0.3, 0.4) is 0 Å². The Morgan fingerprint density at radius 1 is 0.820 bits per heavy atom. The molecule has 1 heterocycles. The number of aryl methyl sites for hydroxylation is 2. The molecule has 0 fully saturated rings. The number of likely N-dealkylation sites (N-methyl/N-ethyl adjacent to an activating group) is 1. The van der Waals surface area contributed by atoms with Crippen molar-refractivity contribution in [1.82, 2.24) is 14.4 Å². The number of rotatable bonds is 14. The molecule has 0 radical (unpaired) electrons. The summed E-state index contributed by atoms with van der Waals surface area (Å²) in [5.74, 6) is -2.17. The van der Waals surface area contributed by atoms with E-state index in [2.05, 4.69) is 5.16 Å². The summed E-state index contributed by atoms with van der Waals surface area (Å²) < 4.78 is 34.2. The van der Waals surface area contributed by atoms with Crippen molar-refractivity contribution in [2.45, 2.75) is 58.5 Å². The van der Waals surface area contributed by atoms with Gasteiger partial charge in [-0.25, -0.2) is 12.7 Å². The molecule has 0 spiro atoms. The van der Waals surface area contributed by atoms with Gasteiger partial charge in [-0.1, -0.05) is 102 Å². The van der Waals surface area contributed by atoms with Crippen LogP contribution in [-0.4, -0.2) is 65.4 Å². The lowest BCUT2D eigenvalue weighted by molar-refractivity contribution is -0.137. The highest BCUT2D eigenvalue weighted by atomic mass is 32.2.